The number of fused-ring (bicyclic) bond motifs is 1. The SMILES string of the molecule is CCOc1ccc([C@@H]2C3=C(CC(C)(C)CC3=O)Nc3nc(-c4cccc(Cl)c4)nn32)cc1OC. The Morgan fingerprint density at radius 2 is 2.00 bits per heavy atom. The third kappa shape index (κ3) is 3.94. The third-order valence-corrected chi connectivity index (χ3v) is 6.45. The van der Waals surface area contributed by atoms with Gasteiger partial charge in [-0.1, -0.05) is 43.6 Å². The fourth-order valence-electron chi connectivity index (χ4n) is 4.80. The summed E-state index contributed by atoms with van der Waals surface area (Å²) in [6.07, 6.45) is 1.22. The molecule has 2 aliphatic rings. The second kappa shape index (κ2) is 8.47. The van der Waals surface area contributed by atoms with Crippen LogP contribution in [0.4, 0.5) is 5.95 Å². The fraction of sp³-hybridized carbons (Fsp3) is 0.346. The van der Waals surface area contributed by atoms with E-state index in [0.29, 0.717) is 41.3 Å². The fourth-order valence-corrected chi connectivity index (χ4v) is 4.99. The van der Waals surface area contributed by atoms with E-state index in [1.165, 1.54) is 0 Å². The van der Waals surface area contributed by atoms with Gasteiger partial charge in [0.05, 0.1) is 13.7 Å². The number of halogens is 1. The van der Waals surface area contributed by atoms with Crippen molar-refractivity contribution in [1.82, 2.24) is 14.8 Å². The molecule has 7 nitrogen and oxygen atoms in total. The van der Waals surface area contributed by atoms with E-state index in [1.807, 2.05) is 49.4 Å². The van der Waals surface area contributed by atoms with Gasteiger partial charge in [-0.2, -0.15) is 4.98 Å². The van der Waals surface area contributed by atoms with Crippen molar-refractivity contribution >= 4 is 23.3 Å². The van der Waals surface area contributed by atoms with Gasteiger partial charge in [0.2, 0.25) is 5.95 Å². The second-order valence-electron chi connectivity index (χ2n) is 9.42. The van der Waals surface area contributed by atoms with Crippen LogP contribution < -0.4 is 14.8 Å². The van der Waals surface area contributed by atoms with Gasteiger partial charge in [-0.3, -0.25) is 4.79 Å². The molecule has 1 aliphatic carbocycles. The lowest BCUT2D eigenvalue weighted by Gasteiger charge is -2.38. The van der Waals surface area contributed by atoms with E-state index in [0.717, 1.165) is 28.8 Å². The first kappa shape index (κ1) is 22.5. The Kier molecular flexibility index (Phi) is 5.60. The standard InChI is InChI=1S/C26H27ClN4O3/c1-5-34-20-10-9-15(12-21(20)33-4)23-22-18(13-26(2,3)14-19(22)32)28-25-29-24(30-31(23)25)16-7-6-8-17(27)11-16/h6-12,23H,5,13-14H2,1-4H3,(H,28,29,30)/t23-/m1/s1. The van der Waals surface area contributed by atoms with E-state index in [-0.39, 0.29) is 11.2 Å². The predicted molar refractivity (Wildman–Crippen MR) is 131 cm³/mol. The van der Waals surface area contributed by atoms with Crippen LogP contribution >= 0.6 is 11.6 Å². The highest BCUT2D eigenvalue weighted by Gasteiger charge is 2.42. The summed E-state index contributed by atoms with van der Waals surface area (Å²) in [6.45, 7) is 6.69. The van der Waals surface area contributed by atoms with Crippen molar-refractivity contribution in [2.45, 2.75) is 39.7 Å². The van der Waals surface area contributed by atoms with Crippen molar-refractivity contribution in [3.63, 3.8) is 0 Å². The minimum atomic E-state index is -0.431. The Balaban J connectivity index is 1.68. The monoisotopic (exact) mass is 478 g/mol. The highest BCUT2D eigenvalue weighted by Crippen LogP contribution is 2.46. The molecule has 0 saturated carbocycles. The van der Waals surface area contributed by atoms with Crippen molar-refractivity contribution in [1.29, 1.82) is 0 Å². The Labute approximate surface area is 203 Å². The number of anilines is 1. The largest absolute Gasteiger partial charge is 0.493 e. The zero-order valence-corrected chi connectivity index (χ0v) is 20.4. The molecule has 0 saturated heterocycles. The van der Waals surface area contributed by atoms with Crippen molar-refractivity contribution in [2.75, 3.05) is 19.0 Å². The number of benzene rings is 2. The molecule has 0 unspecified atom stereocenters. The summed E-state index contributed by atoms with van der Waals surface area (Å²) in [5.74, 6) is 2.52. The summed E-state index contributed by atoms with van der Waals surface area (Å²) < 4.78 is 13.1. The number of carbonyl (C=O) groups excluding carboxylic acids is 1. The zero-order chi connectivity index (χ0) is 24.0. The van der Waals surface area contributed by atoms with Gasteiger partial charge in [0.1, 0.15) is 6.04 Å². The number of ketones is 1. The first-order chi connectivity index (χ1) is 16.3. The topological polar surface area (TPSA) is 78.3 Å². The first-order valence-electron chi connectivity index (χ1n) is 11.4. The van der Waals surface area contributed by atoms with Crippen LogP contribution in [0.15, 0.2) is 53.7 Å². The van der Waals surface area contributed by atoms with E-state index in [1.54, 1.807) is 11.8 Å². The number of carbonyl (C=O) groups is 1. The van der Waals surface area contributed by atoms with E-state index < -0.39 is 6.04 Å². The summed E-state index contributed by atoms with van der Waals surface area (Å²) in [6, 6.07) is 12.8. The van der Waals surface area contributed by atoms with Gasteiger partial charge < -0.3 is 14.8 Å². The number of hydrogen-bond donors (Lipinski definition) is 1. The van der Waals surface area contributed by atoms with E-state index in [2.05, 4.69) is 19.2 Å². The molecular weight excluding hydrogens is 452 g/mol. The van der Waals surface area contributed by atoms with Crippen LogP contribution in [0.3, 0.4) is 0 Å². The van der Waals surface area contributed by atoms with Crippen molar-refractivity contribution in [3.8, 4) is 22.9 Å². The minimum absolute atomic E-state index is 0.113. The quantitative estimate of drug-likeness (QED) is 0.509. The first-order valence-corrected chi connectivity index (χ1v) is 11.7. The molecule has 1 atom stereocenters. The smallest absolute Gasteiger partial charge is 0.226 e. The number of hydrogen-bond acceptors (Lipinski definition) is 6. The molecule has 5 rings (SSSR count). The molecule has 2 heterocycles. The average molecular weight is 479 g/mol. The molecule has 1 N–H and O–H groups in total. The van der Waals surface area contributed by atoms with Crippen LogP contribution in [0.2, 0.25) is 5.02 Å². The summed E-state index contributed by atoms with van der Waals surface area (Å²) in [7, 11) is 1.61. The van der Waals surface area contributed by atoms with Crippen LogP contribution in [0, 0.1) is 5.41 Å². The molecule has 0 radical (unpaired) electrons. The maximum Gasteiger partial charge on any atom is 0.226 e. The van der Waals surface area contributed by atoms with E-state index in [9.17, 15) is 4.79 Å². The number of nitrogens with zero attached hydrogens (tertiary/aromatic N) is 3. The predicted octanol–water partition coefficient (Wildman–Crippen LogP) is 5.66. The molecule has 2 aromatic carbocycles. The molecule has 34 heavy (non-hydrogen) atoms. The van der Waals surface area contributed by atoms with Crippen LogP contribution in [0.25, 0.3) is 11.4 Å². The summed E-state index contributed by atoms with van der Waals surface area (Å²) >= 11 is 6.21. The highest BCUT2D eigenvalue weighted by atomic mass is 35.5. The van der Waals surface area contributed by atoms with Gasteiger partial charge in [0, 0.05) is 28.3 Å². The van der Waals surface area contributed by atoms with E-state index in [4.69, 9.17) is 31.2 Å². The number of allylic oxidation sites excluding steroid dienone is 2. The normalized spacial score (nSPS) is 18.7. The lowest BCUT2D eigenvalue weighted by atomic mass is 9.73. The van der Waals surface area contributed by atoms with Crippen LogP contribution in [-0.2, 0) is 4.79 Å². The van der Waals surface area contributed by atoms with Gasteiger partial charge in [0.15, 0.2) is 23.1 Å². The van der Waals surface area contributed by atoms with Gasteiger partial charge in [-0.05, 0) is 48.6 Å². The van der Waals surface area contributed by atoms with Crippen molar-refractivity contribution in [3.05, 3.63) is 64.3 Å². The number of ether oxygens (including phenoxy) is 2. The molecule has 0 amide bonds. The van der Waals surface area contributed by atoms with E-state index >= 15 is 0 Å². The van der Waals surface area contributed by atoms with Crippen molar-refractivity contribution < 1.29 is 14.3 Å². The Bertz CT molecular complexity index is 1310. The van der Waals surface area contributed by atoms with Gasteiger partial charge in [-0.25, -0.2) is 4.68 Å². The Morgan fingerprint density at radius 1 is 1.18 bits per heavy atom. The van der Waals surface area contributed by atoms with Crippen molar-refractivity contribution in [2.24, 2.45) is 5.41 Å². The highest BCUT2D eigenvalue weighted by molar-refractivity contribution is 6.30. The number of nitrogens with one attached hydrogen (secondary N) is 1. The molecular formula is C26H27ClN4O3. The number of rotatable bonds is 5. The summed E-state index contributed by atoms with van der Waals surface area (Å²) in [5.41, 5.74) is 3.18. The molecule has 0 spiro atoms. The number of Topliss-reactive ketones (excluding diaryl/α,β-unsaturated/α-hetero) is 1. The van der Waals surface area contributed by atoms with Gasteiger partial charge in [0.25, 0.3) is 0 Å². The van der Waals surface area contributed by atoms with Crippen LogP contribution in [-0.4, -0.2) is 34.3 Å². The Morgan fingerprint density at radius 3 is 2.74 bits per heavy atom. The van der Waals surface area contributed by atoms with Gasteiger partial charge in [-0.15, -0.1) is 5.10 Å². The molecule has 1 aliphatic heterocycles. The molecule has 8 heteroatoms. The maximum atomic E-state index is 13.5. The Hall–Kier alpha value is -3.32. The second-order valence-corrected chi connectivity index (χ2v) is 9.85. The number of aromatic nitrogens is 3. The zero-order valence-electron chi connectivity index (χ0n) is 19.7. The summed E-state index contributed by atoms with van der Waals surface area (Å²) in [5, 5.41) is 8.84. The third-order valence-electron chi connectivity index (χ3n) is 6.22. The van der Waals surface area contributed by atoms with Crippen LogP contribution in [0.5, 0.6) is 11.5 Å². The molecule has 0 fully saturated rings. The average Bonchev–Trinajstić information content (AvgIpc) is 3.21. The van der Waals surface area contributed by atoms with Gasteiger partial charge >= 0.3 is 0 Å². The molecule has 3 aromatic rings. The number of methoxy groups -OCH3 is 1. The maximum absolute atomic E-state index is 13.5. The molecule has 0 bridgehead atoms. The molecule has 1 aromatic heterocycles. The molecule has 176 valence electrons. The minimum Gasteiger partial charge on any atom is -0.493 e. The van der Waals surface area contributed by atoms with Crippen LogP contribution in [0.1, 0.15) is 45.2 Å². The summed E-state index contributed by atoms with van der Waals surface area (Å²) in [4.78, 5) is 18.2. The lowest BCUT2D eigenvalue weighted by Crippen LogP contribution is -2.36. The lowest BCUT2D eigenvalue weighted by molar-refractivity contribution is -0.118.